The number of fused-ring (bicyclic) bond motifs is 9. The van der Waals surface area contributed by atoms with Crippen LogP contribution < -0.4 is 0 Å². The fourth-order valence-corrected chi connectivity index (χ4v) is 19.1. The van der Waals surface area contributed by atoms with Gasteiger partial charge in [-0.05, 0) is 202 Å². The summed E-state index contributed by atoms with van der Waals surface area (Å²) >= 11 is 7.57. The summed E-state index contributed by atoms with van der Waals surface area (Å²) in [5.41, 5.74) is 24.0. The lowest BCUT2D eigenvalue weighted by molar-refractivity contribution is 0.397. The second-order valence-corrected chi connectivity index (χ2v) is 34.1. The van der Waals surface area contributed by atoms with Crippen molar-refractivity contribution in [3.63, 3.8) is 0 Å². The summed E-state index contributed by atoms with van der Waals surface area (Å²) in [7, 11) is 0. The second kappa shape index (κ2) is 48.1. The van der Waals surface area contributed by atoms with Crippen LogP contribution in [0.1, 0.15) is 385 Å². The van der Waals surface area contributed by atoms with E-state index < -0.39 is 0 Å². The Morgan fingerprint density at radius 1 is 0.227 bits per heavy atom. The lowest BCUT2D eigenvalue weighted by atomic mass is 9.70. The Morgan fingerprint density at radius 2 is 0.427 bits per heavy atom. The van der Waals surface area contributed by atoms with Crippen LogP contribution >= 0.6 is 31.9 Å². The zero-order valence-electron chi connectivity index (χ0n) is 68.3. The molecule has 3 aliphatic rings. The Balaban J connectivity index is 0.000000211. The molecule has 8 aromatic rings. The molecule has 110 heavy (non-hydrogen) atoms. The van der Waals surface area contributed by atoms with Crippen LogP contribution in [0.15, 0.2) is 179 Å². The molecule has 0 nitrogen and oxygen atoms in total. The molecule has 0 saturated heterocycles. The maximum Gasteiger partial charge on any atom is 0.0252 e. The standard InChI is InChI=1S/C45H50.C33H42.C29H40Br2.CH4/c1-3-5-7-9-11-19-33-45(34-20-12-10-8-6-4-2)43-35-39(27-25-37-21-15-13-16-22-37)29-31-41(43)42-32-30-40(36-44(42)45)28-26-38-23-17-14-18-24-38;1-5-9-11-13-15-17-23-33(24-18-16-14-12-10-6-2)31-25-27(7-3)19-21-29(31)30-22-20-28(8-4)26-32(30)33;1-3-5-7-9-11-13-19-29(20-14-12-10-8-6-4-2)27-21-23(30)15-17-25(27)26-18-16-24(31)22-28(26)29;/h13-18,21-24,29-32,35-36H,3-12,19-20,33-34H2,1-2H3;3-4,19-22,25-26H,5-6,9-18,23-24H2,1-2H3;15-18,21-22H,3-14,19-20H2,1-2H3;1H4. The highest BCUT2D eigenvalue weighted by Crippen LogP contribution is 2.58. The number of benzene rings is 8. The minimum Gasteiger partial charge on any atom is -0.115 e. The Labute approximate surface area is 688 Å². The summed E-state index contributed by atoms with van der Waals surface area (Å²) in [5.74, 6) is 19.6. The number of terminal acetylenes is 2. The van der Waals surface area contributed by atoms with Gasteiger partial charge in [-0.15, -0.1) is 12.8 Å². The Bertz CT molecular complexity index is 4000. The average Bonchev–Trinajstić information content (AvgIpc) is 1.58. The van der Waals surface area contributed by atoms with Gasteiger partial charge < -0.3 is 0 Å². The van der Waals surface area contributed by atoms with Gasteiger partial charge in [-0.2, -0.15) is 0 Å². The molecule has 2 heteroatoms. The highest BCUT2D eigenvalue weighted by atomic mass is 79.9. The van der Waals surface area contributed by atoms with E-state index in [2.05, 4.69) is 279 Å². The van der Waals surface area contributed by atoms with Gasteiger partial charge in [0.2, 0.25) is 0 Å². The summed E-state index contributed by atoms with van der Waals surface area (Å²) in [6.07, 6.45) is 67.0. The van der Waals surface area contributed by atoms with Crippen molar-refractivity contribution in [3.8, 4) is 81.8 Å². The number of rotatable bonds is 42. The summed E-state index contributed by atoms with van der Waals surface area (Å²) in [6.45, 7) is 13.8. The molecular formula is C108H136Br2. The molecule has 3 aliphatic carbocycles. The van der Waals surface area contributed by atoms with Gasteiger partial charge in [-0.3, -0.25) is 0 Å². The zero-order valence-corrected chi connectivity index (χ0v) is 71.4. The first-order chi connectivity index (χ1) is 53.5. The molecule has 0 atom stereocenters. The van der Waals surface area contributed by atoms with Gasteiger partial charge in [0.15, 0.2) is 0 Å². The smallest absolute Gasteiger partial charge is 0.0252 e. The second-order valence-electron chi connectivity index (χ2n) is 32.3. The van der Waals surface area contributed by atoms with Gasteiger partial charge in [-0.1, -0.05) is 420 Å². The van der Waals surface area contributed by atoms with E-state index in [0.29, 0.717) is 0 Å². The summed E-state index contributed by atoms with van der Waals surface area (Å²) in [4.78, 5) is 0. The molecular weight excluding hydrogens is 1460 g/mol. The third kappa shape index (κ3) is 24.5. The average molecular weight is 1590 g/mol. The van der Waals surface area contributed by atoms with E-state index in [9.17, 15) is 0 Å². The molecule has 0 aromatic heterocycles. The number of halogens is 2. The molecule has 0 spiro atoms. The fraction of sp³-hybridized carbons (Fsp3) is 0.481. The quantitative estimate of drug-likeness (QED) is 0.0264. The molecule has 11 rings (SSSR count). The Hall–Kier alpha value is -7.04. The molecule has 0 radical (unpaired) electrons. The lowest BCUT2D eigenvalue weighted by Crippen LogP contribution is -2.26. The van der Waals surface area contributed by atoms with E-state index in [1.165, 1.54) is 334 Å². The molecule has 0 fully saturated rings. The van der Waals surface area contributed by atoms with Crippen molar-refractivity contribution in [1.82, 2.24) is 0 Å². The molecule has 0 N–H and O–H groups in total. The van der Waals surface area contributed by atoms with Crippen LogP contribution in [0.4, 0.5) is 0 Å². The first-order valence-electron chi connectivity index (χ1n) is 43.8. The van der Waals surface area contributed by atoms with Crippen LogP contribution in [0.2, 0.25) is 0 Å². The largest absolute Gasteiger partial charge is 0.115 e. The van der Waals surface area contributed by atoms with E-state index >= 15 is 0 Å². The first kappa shape index (κ1) is 88.5. The molecule has 0 bridgehead atoms. The summed E-state index contributed by atoms with van der Waals surface area (Å²) < 4.78 is 2.43. The number of hydrogen-bond donors (Lipinski definition) is 0. The minimum atomic E-state index is 0. The van der Waals surface area contributed by atoms with Crippen LogP contribution in [0.25, 0.3) is 33.4 Å². The zero-order chi connectivity index (χ0) is 76.8. The minimum absolute atomic E-state index is 0. The van der Waals surface area contributed by atoms with Crippen molar-refractivity contribution in [2.75, 3.05) is 0 Å². The Kier molecular flexibility index (Phi) is 38.7. The molecule has 8 aromatic carbocycles. The molecule has 582 valence electrons. The predicted octanol–water partition coefficient (Wildman–Crippen LogP) is 33.3. The van der Waals surface area contributed by atoms with Crippen molar-refractivity contribution in [2.24, 2.45) is 0 Å². The van der Waals surface area contributed by atoms with E-state index in [-0.39, 0.29) is 23.7 Å². The number of unbranched alkanes of at least 4 members (excludes halogenated alkanes) is 30. The van der Waals surface area contributed by atoms with Crippen LogP contribution in [0.3, 0.4) is 0 Å². The van der Waals surface area contributed by atoms with E-state index in [0.717, 1.165) is 33.4 Å². The summed E-state index contributed by atoms with van der Waals surface area (Å²) in [5, 5.41) is 0. The molecule has 0 unspecified atom stereocenters. The fourth-order valence-electron chi connectivity index (χ4n) is 18.3. The monoisotopic (exact) mass is 1590 g/mol. The van der Waals surface area contributed by atoms with Gasteiger partial charge in [-0.25, -0.2) is 0 Å². The van der Waals surface area contributed by atoms with Crippen molar-refractivity contribution in [3.05, 3.63) is 246 Å². The van der Waals surface area contributed by atoms with Crippen molar-refractivity contribution < 1.29 is 0 Å². The van der Waals surface area contributed by atoms with Gasteiger partial charge in [0, 0.05) is 58.6 Å². The summed E-state index contributed by atoms with van der Waals surface area (Å²) in [6, 6.07) is 62.1. The van der Waals surface area contributed by atoms with Crippen LogP contribution in [0, 0.1) is 48.4 Å². The molecule has 0 amide bonds. The lowest BCUT2D eigenvalue weighted by Gasteiger charge is -2.33. The van der Waals surface area contributed by atoms with E-state index in [1.54, 1.807) is 11.1 Å². The topological polar surface area (TPSA) is 0 Å². The van der Waals surface area contributed by atoms with Crippen LogP contribution in [0.5, 0.6) is 0 Å². The first-order valence-corrected chi connectivity index (χ1v) is 45.4. The number of hydrogen-bond acceptors (Lipinski definition) is 0. The normalized spacial score (nSPS) is 13.0. The SMILES string of the molecule is C.C#Cc1ccc2c(c1)C(CCCCCCCC)(CCCCCCCC)c1cc(C#C)ccc1-2.CCCCCCCCC1(CCCCCCCC)c2cc(Br)ccc2-c2ccc(Br)cc21.CCCCCCCCC1(CCCCCCCC)c2cc(C#Cc3ccccc3)ccc2-c2ccc(C#Cc3ccccc3)cc21. The third-order valence-electron chi connectivity index (χ3n) is 24.3. The van der Waals surface area contributed by atoms with Crippen LogP contribution in [-0.2, 0) is 16.2 Å². The third-order valence-corrected chi connectivity index (χ3v) is 25.3. The highest BCUT2D eigenvalue weighted by Gasteiger charge is 2.45. The molecule has 0 aliphatic heterocycles. The maximum atomic E-state index is 5.84. The molecule has 0 saturated carbocycles. The van der Waals surface area contributed by atoms with Gasteiger partial charge >= 0.3 is 0 Å². The van der Waals surface area contributed by atoms with Crippen molar-refractivity contribution >= 4 is 31.9 Å². The predicted molar refractivity (Wildman–Crippen MR) is 489 cm³/mol. The van der Waals surface area contributed by atoms with Crippen LogP contribution in [-0.4, -0.2) is 0 Å². The van der Waals surface area contributed by atoms with Crippen molar-refractivity contribution in [2.45, 2.75) is 335 Å². The van der Waals surface area contributed by atoms with Crippen molar-refractivity contribution in [1.29, 1.82) is 0 Å². The van der Waals surface area contributed by atoms with Gasteiger partial charge in [0.05, 0.1) is 0 Å². The maximum absolute atomic E-state index is 5.84. The highest BCUT2D eigenvalue weighted by molar-refractivity contribution is 9.10. The van der Waals surface area contributed by atoms with E-state index in [4.69, 9.17) is 12.8 Å². The van der Waals surface area contributed by atoms with Gasteiger partial charge in [0.1, 0.15) is 0 Å². The molecule has 0 heterocycles. The van der Waals surface area contributed by atoms with Gasteiger partial charge in [0.25, 0.3) is 0 Å². The van der Waals surface area contributed by atoms with E-state index in [1.807, 2.05) is 0 Å². The Morgan fingerprint density at radius 3 is 0.673 bits per heavy atom.